The van der Waals surface area contributed by atoms with Gasteiger partial charge in [-0.05, 0) is 29.1 Å². The molecule has 2 heterocycles. The van der Waals surface area contributed by atoms with Crippen LogP contribution < -0.4 is 5.32 Å². The van der Waals surface area contributed by atoms with Crippen LogP contribution in [0.25, 0.3) is 11.1 Å². The average molecular weight is 316 g/mol. The molecule has 0 aliphatic rings. The van der Waals surface area contributed by atoms with E-state index in [1.165, 1.54) is 23.5 Å². The van der Waals surface area contributed by atoms with Crippen LogP contribution in [0.15, 0.2) is 42.0 Å². The van der Waals surface area contributed by atoms with Gasteiger partial charge in [0.25, 0.3) is 5.91 Å². The van der Waals surface area contributed by atoms with E-state index in [1.807, 2.05) is 18.5 Å². The van der Waals surface area contributed by atoms with Crippen LogP contribution in [-0.4, -0.2) is 20.7 Å². The predicted octanol–water partition coefficient (Wildman–Crippen LogP) is 2.61. The highest BCUT2D eigenvalue weighted by Crippen LogP contribution is 2.28. The molecule has 3 aromatic rings. The Hall–Kier alpha value is -2.54. The van der Waals surface area contributed by atoms with Crippen molar-refractivity contribution in [3.63, 3.8) is 0 Å². The molecule has 0 aliphatic carbocycles. The predicted molar refractivity (Wildman–Crippen MR) is 81.9 cm³/mol. The molecule has 0 saturated heterocycles. The molecule has 0 atom stereocenters. The lowest BCUT2D eigenvalue weighted by Crippen LogP contribution is -2.24. The third-order valence-corrected chi connectivity index (χ3v) is 4.15. The van der Waals surface area contributed by atoms with E-state index in [2.05, 4.69) is 15.5 Å². The van der Waals surface area contributed by atoms with Crippen molar-refractivity contribution in [3.05, 3.63) is 58.6 Å². The molecule has 1 N–H and O–H groups in total. The minimum absolute atomic E-state index is 0.183. The molecule has 5 nitrogen and oxygen atoms in total. The summed E-state index contributed by atoms with van der Waals surface area (Å²) in [6, 6.07) is 7.95. The summed E-state index contributed by atoms with van der Waals surface area (Å²) in [4.78, 5) is 12.9. The zero-order valence-corrected chi connectivity index (χ0v) is 12.6. The van der Waals surface area contributed by atoms with Gasteiger partial charge in [-0.1, -0.05) is 12.1 Å². The number of aryl methyl sites for hydroxylation is 1. The summed E-state index contributed by atoms with van der Waals surface area (Å²) in [7, 11) is 1.82. The summed E-state index contributed by atoms with van der Waals surface area (Å²) in [5, 5.41) is 12.4. The van der Waals surface area contributed by atoms with Crippen molar-refractivity contribution < 1.29 is 9.18 Å². The standard InChI is InChI=1S/C15H13FN4OS/c1-20-9-18-19-13(20)8-17-15(21)14-12(6-7-22-14)10-2-4-11(16)5-3-10/h2-7,9H,8H2,1H3,(H,17,21). The number of halogens is 1. The van der Waals surface area contributed by atoms with Crippen LogP contribution in [-0.2, 0) is 13.6 Å². The third kappa shape index (κ3) is 2.89. The fraction of sp³-hybridized carbons (Fsp3) is 0.133. The molecule has 2 aromatic heterocycles. The van der Waals surface area contributed by atoms with E-state index in [4.69, 9.17) is 0 Å². The summed E-state index contributed by atoms with van der Waals surface area (Å²) in [6.45, 7) is 0.302. The molecular weight excluding hydrogens is 303 g/mol. The summed E-state index contributed by atoms with van der Waals surface area (Å²) in [5.41, 5.74) is 1.60. The van der Waals surface area contributed by atoms with E-state index in [0.29, 0.717) is 17.2 Å². The molecule has 0 bridgehead atoms. The van der Waals surface area contributed by atoms with Crippen molar-refractivity contribution >= 4 is 17.2 Å². The van der Waals surface area contributed by atoms with E-state index in [-0.39, 0.29) is 11.7 Å². The number of thiophene rings is 1. The Morgan fingerprint density at radius 3 is 2.77 bits per heavy atom. The number of hydrogen-bond donors (Lipinski definition) is 1. The van der Waals surface area contributed by atoms with Gasteiger partial charge in [-0.3, -0.25) is 4.79 Å². The van der Waals surface area contributed by atoms with E-state index in [9.17, 15) is 9.18 Å². The molecule has 0 spiro atoms. The molecule has 1 aromatic carbocycles. The van der Waals surface area contributed by atoms with E-state index < -0.39 is 0 Å². The number of aromatic nitrogens is 3. The van der Waals surface area contributed by atoms with Gasteiger partial charge in [-0.15, -0.1) is 21.5 Å². The summed E-state index contributed by atoms with van der Waals surface area (Å²) >= 11 is 1.35. The number of nitrogens with zero attached hydrogens (tertiary/aromatic N) is 3. The van der Waals surface area contributed by atoms with Crippen molar-refractivity contribution in [2.24, 2.45) is 7.05 Å². The van der Waals surface area contributed by atoms with Crippen LogP contribution in [0.3, 0.4) is 0 Å². The van der Waals surface area contributed by atoms with Crippen LogP contribution in [0.4, 0.5) is 4.39 Å². The van der Waals surface area contributed by atoms with Gasteiger partial charge in [0, 0.05) is 12.6 Å². The van der Waals surface area contributed by atoms with E-state index >= 15 is 0 Å². The minimum atomic E-state index is -0.299. The first kappa shape index (κ1) is 14.4. The topological polar surface area (TPSA) is 59.8 Å². The Morgan fingerprint density at radius 1 is 1.32 bits per heavy atom. The van der Waals surface area contributed by atoms with Gasteiger partial charge < -0.3 is 9.88 Å². The molecule has 0 saturated carbocycles. The Kier molecular flexibility index (Phi) is 3.97. The quantitative estimate of drug-likeness (QED) is 0.805. The van der Waals surface area contributed by atoms with Crippen LogP contribution in [0.1, 0.15) is 15.5 Å². The van der Waals surface area contributed by atoms with Gasteiger partial charge in [-0.2, -0.15) is 0 Å². The van der Waals surface area contributed by atoms with Crippen LogP contribution in [0.5, 0.6) is 0 Å². The van der Waals surface area contributed by atoms with Crippen LogP contribution in [0, 0.1) is 5.82 Å². The van der Waals surface area contributed by atoms with Crippen molar-refractivity contribution in [2.75, 3.05) is 0 Å². The smallest absolute Gasteiger partial charge is 0.262 e. The maximum absolute atomic E-state index is 13.0. The number of nitrogens with one attached hydrogen (secondary N) is 1. The molecule has 7 heteroatoms. The van der Waals surface area contributed by atoms with Gasteiger partial charge in [0.15, 0.2) is 5.82 Å². The summed E-state index contributed by atoms with van der Waals surface area (Å²) in [6.07, 6.45) is 1.58. The monoisotopic (exact) mass is 316 g/mol. The largest absolute Gasteiger partial charge is 0.344 e. The number of carbonyl (C=O) groups is 1. The Balaban J connectivity index is 1.78. The van der Waals surface area contributed by atoms with Crippen molar-refractivity contribution in [3.8, 4) is 11.1 Å². The van der Waals surface area contributed by atoms with Crippen LogP contribution >= 0.6 is 11.3 Å². The van der Waals surface area contributed by atoms with Gasteiger partial charge in [0.2, 0.25) is 0 Å². The Morgan fingerprint density at radius 2 is 2.09 bits per heavy atom. The van der Waals surface area contributed by atoms with Crippen molar-refractivity contribution in [2.45, 2.75) is 6.54 Å². The first-order valence-corrected chi connectivity index (χ1v) is 7.47. The zero-order chi connectivity index (χ0) is 15.5. The Labute approximate surface area is 130 Å². The molecular formula is C15H13FN4OS. The molecule has 1 amide bonds. The molecule has 22 heavy (non-hydrogen) atoms. The van der Waals surface area contributed by atoms with Gasteiger partial charge in [0.1, 0.15) is 12.1 Å². The fourth-order valence-corrected chi connectivity index (χ4v) is 2.88. The first-order valence-electron chi connectivity index (χ1n) is 6.59. The maximum atomic E-state index is 13.0. The lowest BCUT2D eigenvalue weighted by atomic mass is 10.1. The first-order chi connectivity index (χ1) is 10.6. The van der Waals surface area contributed by atoms with Gasteiger partial charge in [0.05, 0.1) is 11.4 Å². The van der Waals surface area contributed by atoms with Crippen molar-refractivity contribution in [1.82, 2.24) is 20.1 Å². The highest BCUT2D eigenvalue weighted by atomic mass is 32.1. The lowest BCUT2D eigenvalue weighted by Gasteiger charge is -2.06. The van der Waals surface area contributed by atoms with Gasteiger partial charge >= 0.3 is 0 Å². The maximum Gasteiger partial charge on any atom is 0.262 e. The number of hydrogen-bond acceptors (Lipinski definition) is 4. The highest BCUT2D eigenvalue weighted by Gasteiger charge is 2.15. The molecule has 0 aliphatic heterocycles. The average Bonchev–Trinajstić information content (AvgIpc) is 3.15. The minimum Gasteiger partial charge on any atom is -0.344 e. The lowest BCUT2D eigenvalue weighted by molar-refractivity contribution is 0.0954. The third-order valence-electron chi connectivity index (χ3n) is 3.24. The zero-order valence-electron chi connectivity index (χ0n) is 11.8. The van der Waals surface area contributed by atoms with E-state index in [0.717, 1.165) is 11.1 Å². The molecule has 0 radical (unpaired) electrons. The van der Waals surface area contributed by atoms with E-state index in [1.54, 1.807) is 23.0 Å². The summed E-state index contributed by atoms with van der Waals surface area (Å²) in [5.74, 6) is 0.192. The number of benzene rings is 1. The normalized spacial score (nSPS) is 10.6. The second-order valence-corrected chi connectivity index (χ2v) is 5.63. The SMILES string of the molecule is Cn1cnnc1CNC(=O)c1sccc1-c1ccc(F)cc1. The highest BCUT2D eigenvalue weighted by molar-refractivity contribution is 7.12. The fourth-order valence-electron chi connectivity index (χ4n) is 2.05. The number of rotatable bonds is 4. The molecule has 0 unspecified atom stereocenters. The molecule has 112 valence electrons. The second kappa shape index (κ2) is 6.07. The number of amides is 1. The molecule has 0 fully saturated rings. The number of carbonyl (C=O) groups excluding carboxylic acids is 1. The van der Waals surface area contributed by atoms with Crippen molar-refractivity contribution in [1.29, 1.82) is 0 Å². The van der Waals surface area contributed by atoms with Crippen LogP contribution in [0.2, 0.25) is 0 Å². The second-order valence-electron chi connectivity index (χ2n) is 4.71. The summed E-state index contributed by atoms with van der Waals surface area (Å²) < 4.78 is 14.8. The Bertz CT molecular complexity index is 794. The van der Waals surface area contributed by atoms with Gasteiger partial charge in [-0.25, -0.2) is 4.39 Å². The molecule has 3 rings (SSSR count).